The molecular formula is C17H23N3O3. The van der Waals surface area contributed by atoms with Crippen LogP contribution in [0.2, 0.25) is 0 Å². The number of hydrogen-bond acceptors (Lipinski definition) is 4. The van der Waals surface area contributed by atoms with Gasteiger partial charge in [0.2, 0.25) is 0 Å². The smallest absolute Gasteiger partial charge is 0.289 e. The van der Waals surface area contributed by atoms with Crippen molar-refractivity contribution in [1.29, 1.82) is 0 Å². The third-order valence-corrected chi connectivity index (χ3v) is 3.99. The molecule has 0 unspecified atom stereocenters. The number of nitrogens with zero attached hydrogens (tertiary/aromatic N) is 3. The zero-order chi connectivity index (χ0) is 16.4. The number of aryl methyl sites for hydroxylation is 2. The van der Waals surface area contributed by atoms with Crippen molar-refractivity contribution in [1.82, 2.24) is 14.5 Å². The number of rotatable bonds is 4. The van der Waals surface area contributed by atoms with Crippen molar-refractivity contribution in [2.24, 2.45) is 0 Å². The van der Waals surface area contributed by atoms with E-state index in [0.717, 1.165) is 30.1 Å². The summed E-state index contributed by atoms with van der Waals surface area (Å²) in [7, 11) is 0. The number of imidazole rings is 1. The number of amides is 1. The first kappa shape index (κ1) is 15.8. The van der Waals surface area contributed by atoms with E-state index in [2.05, 4.69) is 9.55 Å². The normalized spacial score (nSPS) is 14.9. The molecular weight excluding hydrogens is 294 g/mol. The summed E-state index contributed by atoms with van der Waals surface area (Å²) in [5.41, 5.74) is 1.97. The van der Waals surface area contributed by atoms with Crippen molar-refractivity contribution >= 4 is 5.91 Å². The highest BCUT2D eigenvalue weighted by Crippen LogP contribution is 2.20. The van der Waals surface area contributed by atoms with Gasteiger partial charge in [-0.3, -0.25) is 4.79 Å². The average Bonchev–Trinajstić information content (AvgIpc) is 3.04. The van der Waals surface area contributed by atoms with Gasteiger partial charge in [0, 0.05) is 13.1 Å². The molecule has 0 bridgehead atoms. The predicted octanol–water partition coefficient (Wildman–Crippen LogP) is 2.76. The van der Waals surface area contributed by atoms with Crippen LogP contribution in [0.3, 0.4) is 0 Å². The van der Waals surface area contributed by atoms with Gasteiger partial charge in [0.05, 0.1) is 37.0 Å². The van der Waals surface area contributed by atoms with Crippen LogP contribution >= 0.6 is 0 Å². The fraction of sp³-hybridized carbons (Fsp3) is 0.529. The van der Waals surface area contributed by atoms with Crippen LogP contribution in [0.15, 0.2) is 22.9 Å². The lowest BCUT2D eigenvalue weighted by Gasteiger charge is -2.19. The Morgan fingerprint density at radius 2 is 2.22 bits per heavy atom. The fourth-order valence-electron chi connectivity index (χ4n) is 2.76. The molecule has 1 aliphatic rings. The van der Waals surface area contributed by atoms with Gasteiger partial charge in [-0.05, 0) is 39.3 Å². The molecule has 6 heteroatoms. The molecule has 0 saturated carbocycles. The molecule has 1 aliphatic heterocycles. The Labute approximate surface area is 136 Å². The Morgan fingerprint density at radius 1 is 1.39 bits per heavy atom. The molecule has 3 heterocycles. The summed E-state index contributed by atoms with van der Waals surface area (Å²) in [6.45, 7) is 8.44. The summed E-state index contributed by atoms with van der Waals surface area (Å²) >= 11 is 0. The number of ether oxygens (including phenoxy) is 1. The van der Waals surface area contributed by atoms with Crippen LogP contribution < -0.4 is 0 Å². The third kappa shape index (κ3) is 3.47. The predicted molar refractivity (Wildman–Crippen MR) is 85.0 cm³/mol. The molecule has 124 valence electrons. The standard InChI is InChI=1S/C17H23N3O3/c1-12(2)22-10-14-15-9-19(7-4-8-20(15)11-18-14)17(21)16-6-5-13(3)23-16/h5-6,11-12H,4,7-10H2,1-3H3. The molecule has 0 fully saturated rings. The van der Waals surface area contributed by atoms with Crippen molar-refractivity contribution in [3.05, 3.63) is 41.4 Å². The van der Waals surface area contributed by atoms with Crippen molar-refractivity contribution in [2.45, 2.75) is 53.0 Å². The van der Waals surface area contributed by atoms with Crippen molar-refractivity contribution in [2.75, 3.05) is 6.54 Å². The topological polar surface area (TPSA) is 60.5 Å². The van der Waals surface area contributed by atoms with Crippen molar-refractivity contribution in [3.63, 3.8) is 0 Å². The van der Waals surface area contributed by atoms with Gasteiger partial charge in [0.1, 0.15) is 5.76 Å². The fourth-order valence-corrected chi connectivity index (χ4v) is 2.76. The summed E-state index contributed by atoms with van der Waals surface area (Å²) in [5.74, 6) is 1.08. The molecule has 0 N–H and O–H groups in total. The van der Waals surface area contributed by atoms with Crippen LogP contribution in [0.4, 0.5) is 0 Å². The van der Waals surface area contributed by atoms with E-state index in [4.69, 9.17) is 9.15 Å². The summed E-state index contributed by atoms with van der Waals surface area (Å²) in [6, 6.07) is 3.56. The van der Waals surface area contributed by atoms with Gasteiger partial charge in [-0.1, -0.05) is 0 Å². The first-order valence-corrected chi connectivity index (χ1v) is 8.05. The number of fused-ring (bicyclic) bond motifs is 1. The van der Waals surface area contributed by atoms with Gasteiger partial charge in [0.25, 0.3) is 5.91 Å². The highest BCUT2D eigenvalue weighted by atomic mass is 16.5. The van der Waals surface area contributed by atoms with E-state index in [-0.39, 0.29) is 12.0 Å². The maximum atomic E-state index is 12.6. The molecule has 6 nitrogen and oxygen atoms in total. The monoisotopic (exact) mass is 317 g/mol. The maximum Gasteiger partial charge on any atom is 0.289 e. The molecule has 23 heavy (non-hydrogen) atoms. The highest BCUT2D eigenvalue weighted by molar-refractivity contribution is 5.91. The Bertz CT molecular complexity index is 687. The number of hydrogen-bond donors (Lipinski definition) is 0. The molecule has 0 atom stereocenters. The van der Waals surface area contributed by atoms with Gasteiger partial charge < -0.3 is 18.6 Å². The maximum absolute atomic E-state index is 12.6. The minimum Gasteiger partial charge on any atom is -0.456 e. The SMILES string of the molecule is Cc1ccc(C(=O)N2CCCn3cnc(COC(C)C)c3C2)o1. The summed E-state index contributed by atoms with van der Waals surface area (Å²) in [6.07, 6.45) is 2.90. The number of carbonyl (C=O) groups excluding carboxylic acids is 1. The Balaban J connectivity index is 1.79. The molecule has 2 aromatic rings. The van der Waals surface area contributed by atoms with Crippen LogP contribution in [-0.4, -0.2) is 33.0 Å². The van der Waals surface area contributed by atoms with Gasteiger partial charge in [0.15, 0.2) is 5.76 Å². The average molecular weight is 317 g/mol. The molecule has 0 radical (unpaired) electrons. The Kier molecular flexibility index (Phi) is 4.52. The molecule has 2 aromatic heterocycles. The Hall–Kier alpha value is -2.08. The molecule has 3 rings (SSSR count). The largest absolute Gasteiger partial charge is 0.456 e. The number of furan rings is 1. The van der Waals surface area contributed by atoms with Gasteiger partial charge in [-0.15, -0.1) is 0 Å². The number of aromatic nitrogens is 2. The lowest BCUT2D eigenvalue weighted by atomic mass is 10.3. The third-order valence-electron chi connectivity index (χ3n) is 3.99. The van der Waals surface area contributed by atoms with E-state index in [9.17, 15) is 4.79 Å². The minimum absolute atomic E-state index is 0.0662. The van der Waals surface area contributed by atoms with E-state index in [1.165, 1.54) is 0 Å². The zero-order valence-corrected chi connectivity index (χ0v) is 13.9. The van der Waals surface area contributed by atoms with Crippen LogP contribution in [0.5, 0.6) is 0 Å². The lowest BCUT2D eigenvalue weighted by molar-refractivity contribution is 0.0616. The number of carbonyl (C=O) groups is 1. The van der Waals surface area contributed by atoms with E-state index >= 15 is 0 Å². The van der Waals surface area contributed by atoms with Gasteiger partial charge >= 0.3 is 0 Å². The van der Waals surface area contributed by atoms with Crippen LogP contribution in [0, 0.1) is 6.92 Å². The first-order chi connectivity index (χ1) is 11.0. The van der Waals surface area contributed by atoms with Crippen molar-refractivity contribution in [3.8, 4) is 0 Å². The molecule has 0 saturated heterocycles. The first-order valence-electron chi connectivity index (χ1n) is 8.05. The quantitative estimate of drug-likeness (QED) is 0.870. The second-order valence-corrected chi connectivity index (χ2v) is 6.18. The lowest BCUT2D eigenvalue weighted by Crippen LogP contribution is -2.30. The molecule has 1 amide bonds. The zero-order valence-electron chi connectivity index (χ0n) is 13.9. The van der Waals surface area contributed by atoms with Crippen LogP contribution in [-0.2, 0) is 24.4 Å². The molecule has 0 aromatic carbocycles. The van der Waals surface area contributed by atoms with Crippen LogP contribution in [0.1, 0.15) is 48.0 Å². The molecule has 0 spiro atoms. The Morgan fingerprint density at radius 3 is 2.91 bits per heavy atom. The summed E-state index contributed by atoms with van der Waals surface area (Å²) < 4.78 is 13.3. The van der Waals surface area contributed by atoms with E-state index in [1.807, 2.05) is 38.1 Å². The highest BCUT2D eigenvalue weighted by Gasteiger charge is 2.24. The second-order valence-electron chi connectivity index (χ2n) is 6.18. The van der Waals surface area contributed by atoms with E-state index < -0.39 is 0 Å². The van der Waals surface area contributed by atoms with E-state index in [1.54, 1.807) is 6.07 Å². The van der Waals surface area contributed by atoms with Crippen molar-refractivity contribution < 1.29 is 13.9 Å². The van der Waals surface area contributed by atoms with Gasteiger partial charge in [-0.2, -0.15) is 0 Å². The van der Waals surface area contributed by atoms with Gasteiger partial charge in [-0.25, -0.2) is 4.98 Å². The van der Waals surface area contributed by atoms with Crippen LogP contribution in [0.25, 0.3) is 0 Å². The summed E-state index contributed by atoms with van der Waals surface area (Å²) in [4.78, 5) is 18.9. The molecule has 0 aliphatic carbocycles. The second kappa shape index (κ2) is 6.58. The van der Waals surface area contributed by atoms with E-state index in [0.29, 0.717) is 25.5 Å². The summed E-state index contributed by atoms with van der Waals surface area (Å²) in [5, 5.41) is 0. The minimum atomic E-state index is -0.0662.